The van der Waals surface area contributed by atoms with Crippen molar-refractivity contribution in [1.29, 1.82) is 0 Å². The molecule has 2 nitrogen and oxygen atoms in total. The number of pyridine rings is 1. The Morgan fingerprint density at radius 1 is 0.826 bits per heavy atom. The summed E-state index contributed by atoms with van der Waals surface area (Å²) >= 11 is 0. The molecule has 0 saturated carbocycles. The minimum atomic E-state index is 0.450. The molecular weight excluding hydrogens is 282 g/mol. The van der Waals surface area contributed by atoms with Crippen LogP contribution < -0.4 is 0 Å². The molecule has 0 bridgehead atoms. The van der Waals surface area contributed by atoms with Crippen LogP contribution in [0, 0.1) is 0 Å². The maximum absolute atomic E-state index is 11.1. The van der Waals surface area contributed by atoms with Gasteiger partial charge in [0.15, 0.2) is 6.29 Å². The molecule has 0 amide bonds. The maximum Gasteiger partial charge on any atom is 0.168 e. The number of rotatable bonds is 4. The number of carbonyl (C=O) groups is 1. The Hall–Kier alpha value is -2.74. The van der Waals surface area contributed by atoms with E-state index >= 15 is 0 Å². The quantitative estimate of drug-likeness (QED) is 0.608. The van der Waals surface area contributed by atoms with Crippen molar-refractivity contribution in [2.75, 3.05) is 0 Å². The topological polar surface area (TPSA) is 30.0 Å². The van der Waals surface area contributed by atoms with Crippen molar-refractivity contribution in [3.8, 4) is 22.4 Å². The highest BCUT2D eigenvalue weighted by Gasteiger charge is 2.10. The summed E-state index contributed by atoms with van der Waals surface area (Å²) in [6, 6.07) is 22.3. The van der Waals surface area contributed by atoms with Gasteiger partial charge in [0, 0.05) is 11.1 Å². The van der Waals surface area contributed by atoms with Gasteiger partial charge >= 0.3 is 0 Å². The Labute approximate surface area is 136 Å². The number of aromatic nitrogens is 1. The van der Waals surface area contributed by atoms with Crippen LogP contribution in [0.15, 0.2) is 66.7 Å². The van der Waals surface area contributed by atoms with E-state index in [1.165, 1.54) is 5.56 Å². The molecule has 0 spiro atoms. The van der Waals surface area contributed by atoms with Crippen molar-refractivity contribution < 1.29 is 4.79 Å². The Bertz CT molecular complexity index is 805. The summed E-state index contributed by atoms with van der Waals surface area (Å²) < 4.78 is 0. The van der Waals surface area contributed by atoms with E-state index in [1.807, 2.05) is 36.4 Å². The molecule has 2 aromatic carbocycles. The number of aldehydes is 1. The van der Waals surface area contributed by atoms with Crippen molar-refractivity contribution >= 4 is 6.29 Å². The standard InChI is InChI=1S/C21H19NO/c1-15(2)16-8-10-17(11-9-16)20-13-12-19(14-23)22-21(20)18-6-4-3-5-7-18/h3-15H,1-2H3. The fourth-order valence-electron chi connectivity index (χ4n) is 2.64. The van der Waals surface area contributed by atoms with E-state index in [2.05, 4.69) is 43.1 Å². The molecule has 0 aliphatic heterocycles. The Kier molecular flexibility index (Phi) is 4.33. The van der Waals surface area contributed by atoms with Crippen LogP contribution in [-0.4, -0.2) is 11.3 Å². The predicted molar refractivity (Wildman–Crippen MR) is 94.6 cm³/mol. The number of carbonyl (C=O) groups excluding carboxylic acids is 1. The van der Waals surface area contributed by atoms with E-state index in [-0.39, 0.29) is 0 Å². The lowest BCUT2D eigenvalue weighted by atomic mass is 9.96. The number of hydrogen-bond donors (Lipinski definition) is 0. The van der Waals surface area contributed by atoms with E-state index in [0.29, 0.717) is 11.6 Å². The lowest BCUT2D eigenvalue weighted by Crippen LogP contribution is -1.95. The van der Waals surface area contributed by atoms with Crippen molar-refractivity contribution in [1.82, 2.24) is 4.98 Å². The molecule has 2 heteroatoms. The molecule has 0 saturated heterocycles. The molecule has 0 fully saturated rings. The average Bonchev–Trinajstić information content (AvgIpc) is 2.62. The van der Waals surface area contributed by atoms with Gasteiger partial charge in [-0.05, 0) is 29.2 Å². The third-order valence-corrected chi connectivity index (χ3v) is 3.97. The number of nitrogens with zero attached hydrogens (tertiary/aromatic N) is 1. The highest BCUT2D eigenvalue weighted by molar-refractivity contribution is 5.84. The second-order valence-corrected chi connectivity index (χ2v) is 5.89. The second kappa shape index (κ2) is 6.57. The van der Waals surface area contributed by atoms with Crippen molar-refractivity contribution in [2.45, 2.75) is 19.8 Å². The first-order valence-electron chi connectivity index (χ1n) is 7.81. The smallest absolute Gasteiger partial charge is 0.168 e. The molecule has 0 aliphatic rings. The summed E-state index contributed by atoms with van der Waals surface area (Å²) in [7, 11) is 0. The molecule has 0 aliphatic carbocycles. The monoisotopic (exact) mass is 301 g/mol. The van der Waals surface area contributed by atoms with E-state index in [0.717, 1.165) is 28.7 Å². The molecule has 1 heterocycles. The first-order valence-corrected chi connectivity index (χ1v) is 7.81. The molecule has 0 unspecified atom stereocenters. The highest BCUT2D eigenvalue weighted by Crippen LogP contribution is 2.31. The van der Waals surface area contributed by atoms with Crippen LogP contribution in [0.25, 0.3) is 22.4 Å². The highest BCUT2D eigenvalue weighted by atomic mass is 16.1. The van der Waals surface area contributed by atoms with Gasteiger partial charge in [0.1, 0.15) is 5.69 Å². The maximum atomic E-state index is 11.1. The van der Waals surface area contributed by atoms with Crippen molar-refractivity contribution in [3.05, 3.63) is 78.0 Å². The SMILES string of the molecule is CC(C)c1ccc(-c2ccc(C=O)nc2-c2ccccc2)cc1. The largest absolute Gasteiger partial charge is 0.296 e. The molecule has 0 atom stereocenters. The van der Waals surface area contributed by atoms with Crippen LogP contribution in [0.1, 0.15) is 35.8 Å². The number of benzene rings is 2. The lowest BCUT2D eigenvalue weighted by Gasteiger charge is -2.11. The van der Waals surface area contributed by atoms with Crippen LogP contribution in [0.5, 0.6) is 0 Å². The third kappa shape index (κ3) is 3.21. The Balaban J connectivity index is 2.13. The molecule has 23 heavy (non-hydrogen) atoms. The second-order valence-electron chi connectivity index (χ2n) is 5.89. The third-order valence-electron chi connectivity index (χ3n) is 3.97. The van der Waals surface area contributed by atoms with E-state index in [9.17, 15) is 4.79 Å². The molecule has 0 N–H and O–H groups in total. The first kappa shape index (κ1) is 15.2. The Morgan fingerprint density at radius 3 is 2.13 bits per heavy atom. The predicted octanol–water partition coefficient (Wildman–Crippen LogP) is 5.35. The van der Waals surface area contributed by atoms with Gasteiger partial charge in [-0.2, -0.15) is 0 Å². The summed E-state index contributed by atoms with van der Waals surface area (Å²) in [5, 5.41) is 0. The van der Waals surface area contributed by atoms with Crippen LogP contribution >= 0.6 is 0 Å². The zero-order chi connectivity index (χ0) is 16.2. The van der Waals surface area contributed by atoms with Crippen molar-refractivity contribution in [3.63, 3.8) is 0 Å². The van der Waals surface area contributed by atoms with Gasteiger partial charge in [-0.3, -0.25) is 4.79 Å². The minimum Gasteiger partial charge on any atom is -0.296 e. The molecule has 3 aromatic rings. The van der Waals surface area contributed by atoms with Gasteiger partial charge in [0.05, 0.1) is 5.69 Å². The molecule has 1 aromatic heterocycles. The van der Waals surface area contributed by atoms with Gasteiger partial charge < -0.3 is 0 Å². The van der Waals surface area contributed by atoms with E-state index in [1.54, 1.807) is 6.07 Å². The summed E-state index contributed by atoms with van der Waals surface area (Å²) in [5.74, 6) is 0.508. The van der Waals surface area contributed by atoms with Gasteiger partial charge in [-0.1, -0.05) is 68.4 Å². The molecular formula is C21H19NO. The van der Waals surface area contributed by atoms with Gasteiger partial charge in [0.2, 0.25) is 0 Å². The van der Waals surface area contributed by atoms with E-state index in [4.69, 9.17) is 0 Å². The zero-order valence-corrected chi connectivity index (χ0v) is 13.4. The van der Waals surface area contributed by atoms with E-state index < -0.39 is 0 Å². The zero-order valence-electron chi connectivity index (χ0n) is 13.4. The minimum absolute atomic E-state index is 0.450. The average molecular weight is 301 g/mol. The lowest BCUT2D eigenvalue weighted by molar-refractivity contribution is 0.111. The summed E-state index contributed by atoms with van der Waals surface area (Å²) in [4.78, 5) is 15.6. The first-order chi connectivity index (χ1) is 11.2. The van der Waals surface area contributed by atoms with Crippen LogP contribution in [0.3, 0.4) is 0 Å². The normalized spacial score (nSPS) is 10.7. The van der Waals surface area contributed by atoms with Gasteiger partial charge in [0.25, 0.3) is 0 Å². The molecule has 3 rings (SSSR count). The van der Waals surface area contributed by atoms with Gasteiger partial charge in [-0.25, -0.2) is 4.98 Å². The summed E-state index contributed by atoms with van der Waals surface area (Å²) in [6.45, 7) is 4.37. The molecule has 0 radical (unpaired) electrons. The number of hydrogen-bond acceptors (Lipinski definition) is 2. The van der Waals surface area contributed by atoms with Crippen molar-refractivity contribution in [2.24, 2.45) is 0 Å². The Morgan fingerprint density at radius 2 is 1.52 bits per heavy atom. The van der Waals surface area contributed by atoms with Crippen LogP contribution in [0.2, 0.25) is 0 Å². The summed E-state index contributed by atoms with van der Waals surface area (Å²) in [5.41, 5.74) is 5.76. The van der Waals surface area contributed by atoms with Gasteiger partial charge in [-0.15, -0.1) is 0 Å². The summed E-state index contributed by atoms with van der Waals surface area (Å²) in [6.07, 6.45) is 0.790. The fourth-order valence-corrected chi connectivity index (χ4v) is 2.64. The van der Waals surface area contributed by atoms with Crippen LogP contribution in [0.4, 0.5) is 0 Å². The fraction of sp³-hybridized carbons (Fsp3) is 0.143. The molecule has 114 valence electrons. The van der Waals surface area contributed by atoms with Crippen LogP contribution in [-0.2, 0) is 0 Å².